The Morgan fingerprint density at radius 3 is 2.03 bits per heavy atom. The number of rotatable bonds is 8. The van der Waals surface area contributed by atoms with Gasteiger partial charge < -0.3 is 0 Å². The van der Waals surface area contributed by atoms with Gasteiger partial charge in [0.05, 0.1) is 10.6 Å². The van der Waals surface area contributed by atoms with Crippen LogP contribution in [-0.2, 0) is 16.6 Å². The molecule has 0 aliphatic carbocycles. The third kappa shape index (κ3) is 5.25. The Hall–Kier alpha value is -2.57. The Labute approximate surface area is 192 Å². The van der Waals surface area contributed by atoms with Gasteiger partial charge in [-0.1, -0.05) is 59.7 Å². The molecule has 3 rings (SSSR count). The van der Waals surface area contributed by atoms with Crippen molar-refractivity contribution in [3.63, 3.8) is 0 Å². The van der Waals surface area contributed by atoms with Crippen LogP contribution in [0.2, 0.25) is 0 Å². The first-order valence-electron chi connectivity index (χ1n) is 11.1. The zero-order chi connectivity index (χ0) is 23.5. The highest BCUT2D eigenvalue weighted by atomic mass is 32.2. The number of benzene rings is 1. The molecule has 0 unspecified atom stereocenters. The van der Waals surface area contributed by atoms with E-state index in [0.29, 0.717) is 10.8 Å². The van der Waals surface area contributed by atoms with Gasteiger partial charge >= 0.3 is 0 Å². The Morgan fingerprint density at radius 1 is 0.875 bits per heavy atom. The van der Waals surface area contributed by atoms with Crippen LogP contribution in [-0.4, -0.2) is 18.4 Å². The second-order valence-corrected chi connectivity index (χ2v) is 10.8. The van der Waals surface area contributed by atoms with Crippen molar-refractivity contribution in [2.75, 3.05) is 0 Å². The molecular weight excluding hydrogens is 418 g/mol. The number of hydrogen-bond donors (Lipinski definition) is 1. The molecule has 0 radical (unpaired) electrons. The minimum absolute atomic E-state index is 0.0853. The summed E-state index contributed by atoms with van der Waals surface area (Å²) < 4.78 is 30.1. The molecule has 5 nitrogen and oxygen atoms in total. The quantitative estimate of drug-likeness (QED) is 0.456. The SMILES string of the molecule is CC(C)c1cc(C(C)C)c(S(=O)(=O)NCc2cccnc2-c2cccnc2)c(C(C)C)c1. The minimum atomic E-state index is -3.74. The molecule has 0 saturated heterocycles. The summed E-state index contributed by atoms with van der Waals surface area (Å²) >= 11 is 0. The van der Waals surface area contributed by atoms with E-state index in [1.54, 1.807) is 18.6 Å². The maximum Gasteiger partial charge on any atom is 0.241 e. The number of nitrogens with zero attached hydrogens (tertiary/aromatic N) is 2. The van der Waals surface area contributed by atoms with E-state index < -0.39 is 10.0 Å². The summed E-state index contributed by atoms with van der Waals surface area (Å²) in [5, 5.41) is 0. The Kier molecular flexibility index (Phi) is 7.47. The molecular formula is C26H33N3O2S. The van der Waals surface area contributed by atoms with Gasteiger partial charge in [-0.25, -0.2) is 13.1 Å². The molecule has 0 bridgehead atoms. The minimum Gasteiger partial charge on any atom is -0.264 e. The van der Waals surface area contributed by atoms with Crippen molar-refractivity contribution < 1.29 is 8.42 Å². The monoisotopic (exact) mass is 451 g/mol. The average Bonchev–Trinajstić information content (AvgIpc) is 2.77. The van der Waals surface area contributed by atoms with Gasteiger partial charge in [-0.05, 0) is 58.2 Å². The number of pyridine rings is 2. The normalized spacial score (nSPS) is 12.2. The van der Waals surface area contributed by atoms with Crippen LogP contribution in [0.15, 0.2) is 59.9 Å². The van der Waals surface area contributed by atoms with E-state index in [2.05, 4.69) is 40.7 Å². The maximum absolute atomic E-state index is 13.6. The zero-order valence-electron chi connectivity index (χ0n) is 19.8. The van der Waals surface area contributed by atoms with E-state index in [9.17, 15) is 8.42 Å². The van der Waals surface area contributed by atoms with E-state index in [0.717, 1.165) is 27.9 Å². The number of nitrogens with one attached hydrogen (secondary N) is 1. The molecule has 0 aliphatic heterocycles. The van der Waals surface area contributed by atoms with E-state index in [1.165, 1.54) is 5.56 Å². The molecule has 0 fully saturated rings. The largest absolute Gasteiger partial charge is 0.264 e. The van der Waals surface area contributed by atoms with Gasteiger partial charge in [-0.2, -0.15) is 0 Å². The predicted molar refractivity (Wildman–Crippen MR) is 130 cm³/mol. The Balaban J connectivity index is 2.03. The average molecular weight is 452 g/mol. The lowest BCUT2D eigenvalue weighted by molar-refractivity contribution is 0.575. The Bertz CT molecular complexity index is 1140. The van der Waals surface area contributed by atoms with E-state index in [4.69, 9.17) is 0 Å². The topological polar surface area (TPSA) is 72.0 Å². The van der Waals surface area contributed by atoms with Crippen LogP contribution >= 0.6 is 0 Å². The summed E-state index contributed by atoms with van der Waals surface area (Å²) in [4.78, 5) is 9.05. The van der Waals surface area contributed by atoms with Gasteiger partial charge in [0.1, 0.15) is 0 Å². The molecule has 6 heteroatoms. The molecule has 1 aromatic carbocycles. The lowest BCUT2D eigenvalue weighted by atomic mass is 9.89. The summed E-state index contributed by atoms with van der Waals surface area (Å²) in [5.74, 6) is 0.497. The number of hydrogen-bond acceptors (Lipinski definition) is 4. The van der Waals surface area contributed by atoms with Gasteiger partial charge in [0, 0.05) is 30.7 Å². The first-order valence-corrected chi connectivity index (χ1v) is 12.6. The van der Waals surface area contributed by atoms with Crippen molar-refractivity contribution in [1.29, 1.82) is 0 Å². The van der Waals surface area contributed by atoms with Crippen LogP contribution in [0.5, 0.6) is 0 Å². The van der Waals surface area contributed by atoms with Crippen LogP contribution in [0.3, 0.4) is 0 Å². The third-order valence-electron chi connectivity index (χ3n) is 5.63. The first kappa shape index (κ1) is 24.1. The molecule has 3 aromatic rings. The maximum atomic E-state index is 13.6. The molecule has 1 N–H and O–H groups in total. The molecule has 2 aromatic heterocycles. The van der Waals surface area contributed by atoms with Crippen LogP contribution in [0.4, 0.5) is 0 Å². The predicted octanol–water partition coefficient (Wildman–Crippen LogP) is 5.99. The van der Waals surface area contributed by atoms with Gasteiger partial charge in [-0.15, -0.1) is 0 Å². The van der Waals surface area contributed by atoms with Crippen molar-refractivity contribution in [2.24, 2.45) is 0 Å². The summed E-state index contributed by atoms with van der Waals surface area (Å²) in [6, 6.07) is 11.6. The van der Waals surface area contributed by atoms with E-state index in [-0.39, 0.29) is 18.4 Å². The third-order valence-corrected chi connectivity index (χ3v) is 7.16. The summed E-state index contributed by atoms with van der Waals surface area (Å²) in [5.41, 5.74) is 5.29. The molecule has 0 saturated carbocycles. The molecule has 170 valence electrons. The van der Waals surface area contributed by atoms with E-state index >= 15 is 0 Å². The van der Waals surface area contributed by atoms with Crippen molar-refractivity contribution in [1.82, 2.24) is 14.7 Å². The van der Waals surface area contributed by atoms with Crippen LogP contribution in [0.25, 0.3) is 11.3 Å². The summed E-state index contributed by atoms with van der Waals surface area (Å²) in [7, 11) is -3.74. The fourth-order valence-electron chi connectivity index (χ4n) is 3.79. The fourth-order valence-corrected chi connectivity index (χ4v) is 5.49. The molecule has 32 heavy (non-hydrogen) atoms. The summed E-state index contributed by atoms with van der Waals surface area (Å²) in [6.07, 6.45) is 5.15. The highest BCUT2D eigenvalue weighted by Crippen LogP contribution is 2.35. The van der Waals surface area contributed by atoms with Crippen LogP contribution < -0.4 is 4.72 Å². The molecule has 0 aliphatic rings. The molecule has 0 amide bonds. The van der Waals surface area contributed by atoms with Crippen LogP contribution in [0, 0.1) is 0 Å². The number of sulfonamides is 1. The standard InChI is InChI=1S/C26H33N3O2S/c1-17(2)22-13-23(18(3)4)26(24(14-22)19(5)6)32(30,31)29-16-21-10-8-12-28-25(21)20-9-7-11-27-15-20/h7-15,17-19,29H,16H2,1-6H3. The lowest BCUT2D eigenvalue weighted by Crippen LogP contribution is -2.27. The molecule has 0 spiro atoms. The first-order chi connectivity index (χ1) is 15.1. The second kappa shape index (κ2) is 9.92. The van der Waals surface area contributed by atoms with Crippen LogP contribution in [0.1, 0.15) is 81.5 Å². The Morgan fingerprint density at radius 2 is 1.50 bits per heavy atom. The lowest BCUT2D eigenvalue weighted by Gasteiger charge is -2.23. The summed E-state index contributed by atoms with van der Waals surface area (Å²) in [6.45, 7) is 12.6. The number of aromatic nitrogens is 2. The van der Waals surface area contributed by atoms with Gasteiger partial charge in [-0.3, -0.25) is 9.97 Å². The van der Waals surface area contributed by atoms with Gasteiger partial charge in [0.25, 0.3) is 0 Å². The van der Waals surface area contributed by atoms with Gasteiger partial charge in [0.2, 0.25) is 10.0 Å². The fraction of sp³-hybridized carbons (Fsp3) is 0.385. The highest BCUT2D eigenvalue weighted by Gasteiger charge is 2.27. The van der Waals surface area contributed by atoms with Crippen molar-refractivity contribution in [2.45, 2.75) is 70.7 Å². The van der Waals surface area contributed by atoms with Crippen molar-refractivity contribution >= 4 is 10.0 Å². The van der Waals surface area contributed by atoms with Gasteiger partial charge in [0.15, 0.2) is 0 Å². The highest BCUT2D eigenvalue weighted by molar-refractivity contribution is 7.89. The molecule has 0 atom stereocenters. The van der Waals surface area contributed by atoms with Crippen molar-refractivity contribution in [3.8, 4) is 11.3 Å². The second-order valence-electron chi connectivity index (χ2n) is 9.07. The smallest absolute Gasteiger partial charge is 0.241 e. The molecule has 2 heterocycles. The van der Waals surface area contributed by atoms with E-state index in [1.807, 2.05) is 52.0 Å². The van der Waals surface area contributed by atoms with Crippen molar-refractivity contribution in [3.05, 3.63) is 77.2 Å². The zero-order valence-corrected chi connectivity index (χ0v) is 20.6.